The Morgan fingerprint density at radius 3 is 2.12 bits per heavy atom. The normalized spacial score (nSPS) is 20.6. The summed E-state index contributed by atoms with van der Waals surface area (Å²) in [5.74, 6) is -0.484. The van der Waals surface area contributed by atoms with Gasteiger partial charge in [0.05, 0.1) is 0 Å². The van der Waals surface area contributed by atoms with Crippen LogP contribution in [0.2, 0.25) is 0 Å². The topological polar surface area (TPSA) is 48.8 Å². The number of aromatic nitrogens is 1. The molecule has 2 aromatic rings. The molecule has 2 saturated heterocycles. The third kappa shape index (κ3) is 4.67. The molecule has 1 aliphatic carbocycles. The fourth-order valence-corrected chi connectivity index (χ4v) is 5.41. The van der Waals surface area contributed by atoms with Crippen LogP contribution in [-0.2, 0) is 6.54 Å². The Kier molecular flexibility index (Phi) is 6.31. The molecule has 3 heterocycles. The van der Waals surface area contributed by atoms with Crippen LogP contribution in [-0.4, -0.2) is 82.6 Å². The smallest absolute Gasteiger partial charge is 0.337 e. The summed E-state index contributed by atoms with van der Waals surface area (Å²) in [7, 11) is 0. The number of halogens is 3. The molecule has 34 heavy (non-hydrogen) atoms. The molecule has 1 aromatic carbocycles. The van der Waals surface area contributed by atoms with E-state index in [2.05, 4.69) is 4.90 Å². The van der Waals surface area contributed by atoms with E-state index in [1.807, 2.05) is 4.90 Å². The van der Waals surface area contributed by atoms with Crippen LogP contribution >= 0.6 is 0 Å². The lowest BCUT2D eigenvalue weighted by molar-refractivity contribution is -0.140. The second-order valence-electron chi connectivity index (χ2n) is 9.77. The number of benzene rings is 1. The summed E-state index contributed by atoms with van der Waals surface area (Å²) in [6.45, 7) is 2.90. The highest BCUT2D eigenvalue weighted by Gasteiger charge is 2.33. The highest BCUT2D eigenvalue weighted by Crippen LogP contribution is 2.29. The fraction of sp³-hybridized carbons (Fsp3) is 0.600. The number of carbonyl (C=O) groups is 2. The minimum atomic E-state index is -4.46. The van der Waals surface area contributed by atoms with Crippen molar-refractivity contribution in [2.75, 3.05) is 39.3 Å². The Balaban J connectivity index is 1.39. The van der Waals surface area contributed by atoms with E-state index < -0.39 is 12.7 Å². The van der Waals surface area contributed by atoms with E-state index in [1.54, 1.807) is 23.1 Å². The lowest BCUT2D eigenvalue weighted by atomic mass is 9.91. The van der Waals surface area contributed by atoms with Crippen molar-refractivity contribution in [3.05, 3.63) is 35.5 Å². The first-order chi connectivity index (χ1) is 16.3. The average molecular weight is 477 g/mol. The highest BCUT2D eigenvalue weighted by molar-refractivity contribution is 6.02. The maximum atomic E-state index is 13.4. The second-order valence-corrected chi connectivity index (χ2v) is 9.77. The van der Waals surface area contributed by atoms with Crippen molar-refractivity contribution in [2.45, 2.75) is 57.3 Å². The lowest BCUT2D eigenvalue weighted by Gasteiger charge is -2.42. The van der Waals surface area contributed by atoms with Gasteiger partial charge in [-0.3, -0.25) is 14.5 Å². The third-order valence-corrected chi connectivity index (χ3v) is 7.54. The lowest BCUT2D eigenvalue weighted by Crippen LogP contribution is -2.53. The van der Waals surface area contributed by atoms with E-state index in [-0.39, 0.29) is 17.5 Å². The quantitative estimate of drug-likeness (QED) is 0.667. The van der Waals surface area contributed by atoms with E-state index in [9.17, 15) is 22.8 Å². The van der Waals surface area contributed by atoms with Gasteiger partial charge in [0.2, 0.25) is 0 Å². The highest BCUT2D eigenvalue weighted by atomic mass is 19.4. The SMILES string of the molecule is O=C(c1ccc2c(c1)cc(C(=O)N1CCCCC1)n2CC(F)(F)F)N1CCN(C2CCC2)CC1. The molecule has 0 atom stereocenters. The molecular formula is C25H31F3N4O2. The Hall–Kier alpha value is -2.55. The van der Waals surface area contributed by atoms with Gasteiger partial charge in [-0.25, -0.2) is 0 Å². The summed E-state index contributed by atoms with van der Waals surface area (Å²) >= 11 is 0. The maximum Gasteiger partial charge on any atom is 0.406 e. The Morgan fingerprint density at radius 1 is 0.824 bits per heavy atom. The number of carbonyl (C=O) groups excluding carboxylic acids is 2. The Labute approximate surface area is 197 Å². The molecule has 5 rings (SSSR count). The Morgan fingerprint density at radius 2 is 1.50 bits per heavy atom. The van der Waals surface area contributed by atoms with Crippen LogP contribution in [0.25, 0.3) is 10.9 Å². The van der Waals surface area contributed by atoms with Crippen molar-refractivity contribution in [3.63, 3.8) is 0 Å². The standard InChI is InChI=1S/C25H31F3N4O2/c26-25(27,28)17-32-21-8-7-18(23(33)31-13-11-29(12-14-31)20-5-4-6-20)15-19(21)16-22(32)24(34)30-9-2-1-3-10-30/h7-8,15-16,20H,1-6,9-14,17H2. The van der Waals surface area contributed by atoms with Gasteiger partial charge in [-0.05, 0) is 56.4 Å². The maximum absolute atomic E-state index is 13.4. The van der Waals surface area contributed by atoms with Crippen molar-refractivity contribution in [1.29, 1.82) is 0 Å². The fourth-order valence-electron chi connectivity index (χ4n) is 5.41. The zero-order chi connectivity index (χ0) is 23.9. The molecule has 9 heteroatoms. The minimum absolute atomic E-state index is 0.0351. The van der Waals surface area contributed by atoms with Gasteiger partial charge in [0.15, 0.2) is 0 Å². The number of hydrogen-bond acceptors (Lipinski definition) is 3. The van der Waals surface area contributed by atoms with Crippen LogP contribution in [0, 0.1) is 0 Å². The number of hydrogen-bond donors (Lipinski definition) is 0. The van der Waals surface area contributed by atoms with Crippen LogP contribution in [0.5, 0.6) is 0 Å². The zero-order valence-corrected chi connectivity index (χ0v) is 19.3. The van der Waals surface area contributed by atoms with Gasteiger partial charge in [-0.1, -0.05) is 6.42 Å². The first-order valence-electron chi connectivity index (χ1n) is 12.3. The summed E-state index contributed by atoms with van der Waals surface area (Å²) in [5, 5.41) is 0.489. The molecule has 184 valence electrons. The molecule has 2 amide bonds. The molecule has 1 saturated carbocycles. The molecule has 2 aliphatic heterocycles. The van der Waals surface area contributed by atoms with E-state index in [1.165, 1.54) is 25.3 Å². The van der Waals surface area contributed by atoms with Crippen molar-refractivity contribution in [3.8, 4) is 0 Å². The molecule has 0 spiro atoms. The minimum Gasteiger partial charge on any atom is -0.337 e. The molecule has 0 unspecified atom stereocenters. The summed E-state index contributed by atoms with van der Waals surface area (Å²) in [5.41, 5.74) is 0.808. The number of amides is 2. The summed E-state index contributed by atoms with van der Waals surface area (Å²) in [6.07, 6.45) is 2.03. The van der Waals surface area contributed by atoms with Crippen LogP contribution in [0.15, 0.2) is 24.3 Å². The van der Waals surface area contributed by atoms with Crippen molar-refractivity contribution in [2.24, 2.45) is 0 Å². The van der Waals surface area contributed by atoms with Crippen LogP contribution < -0.4 is 0 Å². The van der Waals surface area contributed by atoms with E-state index in [0.717, 1.165) is 36.9 Å². The molecule has 0 bridgehead atoms. The van der Waals surface area contributed by atoms with Crippen molar-refractivity contribution >= 4 is 22.7 Å². The number of rotatable bonds is 4. The van der Waals surface area contributed by atoms with E-state index in [4.69, 9.17) is 0 Å². The number of fused-ring (bicyclic) bond motifs is 1. The average Bonchev–Trinajstić information content (AvgIpc) is 3.14. The first kappa shape index (κ1) is 23.2. The van der Waals surface area contributed by atoms with Crippen LogP contribution in [0.4, 0.5) is 13.2 Å². The largest absolute Gasteiger partial charge is 0.406 e. The van der Waals surface area contributed by atoms with Gasteiger partial charge in [-0.2, -0.15) is 13.2 Å². The van der Waals surface area contributed by atoms with Crippen LogP contribution in [0.1, 0.15) is 59.4 Å². The van der Waals surface area contributed by atoms with Gasteiger partial charge in [0, 0.05) is 61.8 Å². The van der Waals surface area contributed by atoms with E-state index in [0.29, 0.717) is 48.7 Å². The number of nitrogens with zero attached hydrogens (tertiary/aromatic N) is 4. The number of piperidine rings is 1. The monoisotopic (exact) mass is 476 g/mol. The molecule has 3 fully saturated rings. The second kappa shape index (κ2) is 9.24. The van der Waals surface area contributed by atoms with Gasteiger partial charge >= 0.3 is 6.18 Å². The van der Waals surface area contributed by atoms with Gasteiger partial charge < -0.3 is 14.4 Å². The molecule has 0 radical (unpaired) electrons. The number of alkyl halides is 3. The van der Waals surface area contributed by atoms with Crippen molar-refractivity contribution in [1.82, 2.24) is 19.3 Å². The van der Waals surface area contributed by atoms with Crippen LogP contribution in [0.3, 0.4) is 0 Å². The van der Waals surface area contributed by atoms with Gasteiger partial charge in [0.25, 0.3) is 11.8 Å². The van der Waals surface area contributed by atoms with Gasteiger partial charge in [0.1, 0.15) is 12.2 Å². The number of piperazine rings is 1. The summed E-state index contributed by atoms with van der Waals surface area (Å²) in [6, 6.07) is 6.94. The third-order valence-electron chi connectivity index (χ3n) is 7.54. The molecule has 1 aromatic heterocycles. The summed E-state index contributed by atoms with van der Waals surface area (Å²) in [4.78, 5) is 32.2. The Bertz CT molecular complexity index is 1060. The molecule has 6 nitrogen and oxygen atoms in total. The first-order valence-corrected chi connectivity index (χ1v) is 12.3. The molecular weight excluding hydrogens is 445 g/mol. The van der Waals surface area contributed by atoms with Gasteiger partial charge in [-0.15, -0.1) is 0 Å². The van der Waals surface area contributed by atoms with E-state index >= 15 is 0 Å². The molecule has 3 aliphatic rings. The summed E-state index contributed by atoms with van der Waals surface area (Å²) < 4.78 is 41.2. The number of likely N-dealkylation sites (tertiary alicyclic amines) is 1. The predicted octanol–water partition coefficient (Wildman–Crippen LogP) is 4.14. The zero-order valence-electron chi connectivity index (χ0n) is 19.3. The predicted molar refractivity (Wildman–Crippen MR) is 123 cm³/mol. The molecule has 0 N–H and O–H groups in total. The van der Waals surface area contributed by atoms with Crippen molar-refractivity contribution < 1.29 is 22.8 Å².